The molecule has 2 aliphatic rings. The summed E-state index contributed by atoms with van der Waals surface area (Å²) in [5.41, 5.74) is 8.16. The Kier molecular flexibility index (Phi) is 7.08. The molecule has 1 aliphatic carbocycles. The lowest BCUT2D eigenvalue weighted by Gasteiger charge is -2.32. The number of hydrogen-bond acceptors (Lipinski definition) is 6. The average molecular weight is 328 g/mol. The Morgan fingerprint density at radius 3 is 2.17 bits per heavy atom. The third kappa shape index (κ3) is 4.35. The monoisotopic (exact) mass is 328 g/mol. The van der Waals surface area contributed by atoms with Crippen LogP contribution in [-0.4, -0.2) is 75.4 Å². The molecule has 8 nitrogen and oxygen atoms in total. The van der Waals surface area contributed by atoms with Crippen molar-refractivity contribution in [3.8, 4) is 0 Å². The number of aliphatic hydroxyl groups excluding tert-OH is 4. The fourth-order valence-corrected chi connectivity index (χ4v) is 3.82. The molecule has 7 atom stereocenters. The molecule has 1 unspecified atom stereocenters. The molecule has 0 aromatic heterocycles. The van der Waals surface area contributed by atoms with E-state index in [0.29, 0.717) is 6.54 Å². The van der Waals surface area contributed by atoms with Crippen LogP contribution in [-0.2, 0) is 0 Å². The molecule has 1 saturated carbocycles. The van der Waals surface area contributed by atoms with Crippen LogP contribution in [0.3, 0.4) is 0 Å². The quantitative estimate of drug-likeness (QED) is 0.151. The first-order valence-corrected chi connectivity index (χ1v) is 8.55. The molecule has 2 rings (SSSR count). The van der Waals surface area contributed by atoms with E-state index in [1.165, 1.54) is 0 Å². The summed E-state index contributed by atoms with van der Waals surface area (Å²) in [6.45, 7) is 1.22. The van der Waals surface area contributed by atoms with Crippen LogP contribution in [0.4, 0.5) is 0 Å². The molecule has 2 fully saturated rings. The second-order valence-electron chi connectivity index (χ2n) is 6.61. The van der Waals surface area contributed by atoms with Gasteiger partial charge in [-0.05, 0) is 24.9 Å². The molecule has 0 spiro atoms. The maximum absolute atomic E-state index is 10.0. The summed E-state index contributed by atoms with van der Waals surface area (Å²) in [5, 5.41) is 42.7. The third-order valence-electron chi connectivity index (χ3n) is 5.15. The molecule has 132 valence electrons. The third-order valence-corrected chi connectivity index (χ3v) is 5.15. The lowest BCUT2D eigenvalue weighted by Crippen LogP contribution is -2.52. The van der Waals surface area contributed by atoms with Gasteiger partial charge >= 0.3 is 0 Å². The van der Waals surface area contributed by atoms with Crippen molar-refractivity contribution in [2.24, 2.45) is 11.0 Å². The van der Waals surface area contributed by atoms with Crippen molar-refractivity contribution in [1.82, 2.24) is 4.90 Å². The Bertz CT molecular complexity index is 418. The van der Waals surface area contributed by atoms with Gasteiger partial charge in [0.25, 0.3) is 0 Å². The van der Waals surface area contributed by atoms with E-state index in [9.17, 15) is 20.4 Å². The van der Waals surface area contributed by atoms with Gasteiger partial charge in [0, 0.05) is 23.4 Å². The SMILES string of the molecule is [N-]=[N+]=NCCCCCCCCN1[C@@H]2[C@@H](CO)[C@@H](O)[C@H](O)[C@@H](O)[C@@H]21. The van der Waals surface area contributed by atoms with Crippen molar-refractivity contribution in [3.05, 3.63) is 10.4 Å². The van der Waals surface area contributed by atoms with Gasteiger partial charge in [-0.25, -0.2) is 0 Å². The van der Waals surface area contributed by atoms with Crippen molar-refractivity contribution < 1.29 is 20.4 Å². The van der Waals surface area contributed by atoms with E-state index in [2.05, 4.69) is 14.9 Å². The molecule has 1 aliphatic heterocycles. The Balaban J connectivity index is 1.61. The van der Waals surface area contributed by atoms with Crippen molar-refractivity contribution in [2.45, 2.75) is 68.9 Å². The van der Waals surface area contributed by atoms with Gasteiger partial charge < -0.3 is 20.4 Å². The second-order valence-corrected chi connectivity index (χ2v) is 6.61. The molecular formula is C15H28N4O4. The molecule has 4 N–H and O–H groups in total. The Morgan fingerprint density at radius 1 is 0.870 bits per heavy atom. The number of azide groups is 1. The summed E-state index contributed by atoms with van der Waals surface area (Å²) in [7, 11) is 0. The number of rotatable bonds is 10. The summed E-state index contributed by atoms with van der Waals surface area (Å²) < 4.78 is 0. The van der Waals surface area contributed by atoms with Crippen LogP contribution in [0, 0.1) is 5.92 Å². The second kappa shape index (κ2) is 8.82. The lowest BCUT2D eigenvalue weighted by atomic mass is 9.83. The molecule has 1 saturated heterocycles. The highest BCUT2D eigenvalue weighted by molar-refractivity contribution is 5.17. The van der Waals surface area contributed by atoms with Crippen molar-refractivity contribution >= 4 is 0 Å². The van der Waals surface area contributed by atoms with Crippen LogP contribution in [0.15, 0.2) is 5.11 Å². The summed E-state index contributed by atoms with van der Waals surface area (Å²) in [6, 6.07) is -0.147. The fourth-order valence-electron chi connectivity index (χ4n) is 3.82. The zero-order valence-corrected chi connectivity index (χ0v) is 13.4. The topological polar surface area (TPSA) is 133 Å². The maximum atomic E-state index is 10.0. The molecule has 23 heavy (non-hydrogen) atoms. The van der Waals surface area contributed by atoms with E-state index in [1.54, 1.807) is 0 Å². The summed E-state index contributed by atoms with van der Waals surface area (Å²) in [4.78, 5) is 4.81. The molecular weight excluding hydrogens is 300 g/mol. The van der Waals surface area contributed by atoms with Gasteiger partial charge in [0.05, 0.1) is 24.9 Å². The van der Waals surface area contributed by atoms with Crippen LogP contribution in [0.5, 0.6) is 0 Å². The standard InChI is InChI=1S/C15H28N4O4/c16-18-17-7-5-3-1-2-4-6-8-19-11-10(9-20)13(21)15(23)14(22)12(11)19/h10-15,20-23H,1-9H2/t10-,11-,12-,13-,14+,15+,19?/m1/s1. The Labute approximate surface area is 136 Å². The smallest absolute Gasteiger partial charge is 0.108 e. The van der Waals surface area contributed by atoms with Crippen LogP contribution in [0.25, 0.3) is 10.4 Å². The average Bonchev–Trinajstić information content (AvgIpc) is 3.26. The number of fused-ring (bicyclic) bond motifs is 1. The predicted octanol–water partition coefficient (Wildman–Crippen LogP) is 0.395. The first-order valence-electron chi connectivity index (χ1n) is 8.55. The zero-order valence-electron chi connectivity index (χ0n) is 13.4. The van der Waals surface area contributed by atoms with Gasteiger partial charge in [-0.1, -0.05) is 30.8 Å². The molecule has 0 aromatic carbocycles. The molecule has 8 heteroatoms. The number of likely N-dealkylation sites (tertiary alicyclic amines) is 1. The summed E-state index contributed by atoms with van der Waals surface area (Å²) in [6.07, 6.45) is 3.16. The van der Waals surface area contributed by atoms with E-state index in [-0.39, 0.29) is 24.6 Å². The van der Waals surface area contributed by atoms with Crippen molar-refractivity contribution in [3.63, 3.8) is 0 Å². The van der Waals surface area contributed by atoms with E-state index in [1.807, 2.05) is 0 Å². The van der Waals surface area contributed by atoms with Crippen molar-refractivity contribution in [2.75, 3.05) is 19.7 Å². The lowest BCUT2D eigenvalue weighted by molar-refractivity contribution is -0.105. The number of aliphatic hydroxyl groups is 4. The molecule has 0 radical (unpaired) electrons. The maximum Gasteiger partial charge on any atom is 0.108 e. The fraction of sp³-hybridized carbons (Fsp3) is 1.00. The molecule has 0 bridgehead atoms. The van der Waals surface area contributed by atoms with E-state index >= 15 is 0 Å². The van der Waals surface area contributed by atoms with Gasteiger partial charge in [0.2, 0.25) is 0 Å². The van der Waals surface area contributed by atoms with Crippen LogP contribution in [0.1, 0.15) is 38.5 Å². The van der Waals surface area contributed by atoms with Gasteiger partial charge in [0.15, 0.2) is 0 Å². The summed E-state index contributed by atoms with van der Waals surface area (Å²) >= 11 is 0. The highest BCUT2D eigenvalue weighted by Gasteiger charge is 2.63. The minimum atomic E-state index is -1.17. The molecule has 0 aromatic rings. The van der Waals surface area contributed by atoms with Crippen LogP contribution in [0.2, 0.25) is 0 Å². The van der Waals surface area contributed by atoms with E-state index in [0.717, 1.165) is 45.1 Å². The van der Waals surface area contributed by atoms with E-state index in [4.69, 9.17) is 5.53 Å². The van der Waals surface area contributed by atoms with Crippen LogP contribution >= 0.6 is 0 Å². The molecule has 0 amide bonds. The van der Waals surface area contributed by atoms with Gasteiger partial charge in [0.1, 0.15) is 6.10 Å². The Hall–Kier alpha value is -0.890. The van der Waals surface area contributed by atoms with Gasteiger partial charge in [-0.15, -0.1) is 0 Å². The van der Waals surface area contributed by atoms with Gasteiger partial charge in [-0.2, -0.15) is 0 Å². The Morgan fingerprint density at radius 2 is 1.52 bits per heavy atom. The van der Waals surface area contributed by atoms with Crippen molar-refractivity contribution in [1.29, 1.82) is 0 Å². The minimum Gasteiger partial charge on any atom is -0.396 e. The largest absolute Gasteiger partial charge is 0.396 e. The number of hydrogen-bond donors (Lipinski definition) is 4. The zero-order chi connectivity index (χ0) is 16.8. The highest BCUT2D eigenvalue weighted by Crippen LogP contribution is 2.44. The first-order chi connectivity index (χ1) is 11.1. The number of unbranched alkanes of at least 4 members (excludes halogenated alkanes) is 5. The normalized spacial score (nSPS) is 38.7. The van der Waals surface area contributed by atoms with Crippen LogP contribution < -0.4 is 0 Å². The molecule has 1 heterocycles. The minimum absolute atomic E-state index is 0.0164. The first kappa shape index (κ1) is 18.4. The summed E-state index contributed by atoms with van der Waals surface area (Å²) in [5.74, 6) is -0.376. The predicted molar refractivity (Wildman–Crippen MR) is 84.6 cm³/mol. The van der Waals surface area contributed by atoms with Gasteiger partial charge in [-0.3, -0.25) is 4.90 Å². The van der Waals surface area contributed by atoms with E-state index < -0.39 is 18.3 Å². The highest BCUT2D eigenvalue weighted by atomic mass is 16.4. The number of nitrogens with zero attached hydrogens (tertiary/aromatic N) is 4.